The van der Waals surface area contributed by atoms with Gasteiger partial charge in [0.1, 0.15) is 5.52 Å². The third kappa shape index (κ3) is 1.61. The van der Waals surface area contributed by atoms with Crippen molar-refractivity contribution in [1.82, 2.24) is 24.5 Å². The van der Waals surface area contributed by atoms with Gasteiger partial charge in [0, 0.05) is 11.8 Å². The molecule has 7 heteroatoms. The van der Waals surface area contributed by atoms with E-state index in [1.165, 1.54) is 4.68 Å². The summed E-state index contributed by atoms with van der Waals surface area (Å²) >= 11 is 0. The van der Waals surface area contributed by atoms with Crippen LogP contribution in [0.2, 0.25) is 0 Å². The first-order chi connectivity index (χ1) is 10.3. The first-order valence-electron chi connectivity index (χ1n) is 6.36. The molecule has 0 fully saturated rings. The molecular weight excluding hydrogens is 266 g/mol. The van der Waals surface area contributed by atoms with Gasteiger partial charge in [-0.1, -0.05) is 30.3 Å². The van der Waals surface area contributed by atoms with Crippen molar-refractivity contribution in [2.24, 2.45) is 0 Å². The largest absolute Gasteiger partial charge is 0.338 e. The van der Waals surface area contributed by atoms with E-state index >= 15 is 0 Å². The van der Waals surface area contributed by atoms with Gasteiger partial charge in [0.25, 0.3) is 0 Å². The fourth-order valence-corrected chi connectivity index (χ4v) is 2.35. The summed E-state index contributed by atoms with van der Waals surface area (Å²) in [5, 5.41) is 20.6. The van der Waals surface area contributed by atoms with Crippen LogP contribution in [0.15, 0.2) is 48.8 Å². The highest BCUT2D eigenvalue weighted by molar-refractivity contribution is 5.82. The molecule has 0 bridgehead atoms. The van der Waals surface area contributed by atoms with Gasteiger partial charge in [0.2, 0.25) is 0 Å². The zero-order chi connectivity index (χ0) is 14.4. The van der Waals surface area contributed by atoms with Gasteiger partial charge in [-0.2, -0.15) is 5.10 Å². The quantitative estimate of drug-likeness (QED) is 0.506. The van der Waals surface area contributed by atoms with Crippen molar-refractivity contribution < 1.29 is 0 Å². The predicted octanol–water partition coefficient (Wildman–Crippen LogP) is 0.939. The Bertz CT molecular complexity index is 1010. The van der Waals surface area contributed by atoms with Crippen LogP contribution in [0.4, 0.5) is 0 Å². The maximum absolute atomic E-state index is 7.93. The summed E-state index contributed by atoms with van der Waals surface area (Å²) in [7, 11) is 0. The van der Waals surface area contributed by atoms with Gasteiger partial charge in [-0.05, 0) is 11.6 Å². The molecule has 3 N–H and O–H groups in total. The lowest BCUT2D eigenvalue weighted by molar-refractivity contribution is 0.864. The van der Waals surface area contributed by atoms with Crippen LogP contribution >= 0.6 is 0 Å². The zero-order valence-corrected chi connectivity index (χ0v) is 10.9. The Morgan fingerprint density at radius 3 is 2.67 bits per heavy atom. The molecule has 0 unspecified atom stereocenters. The van der Waals surface area contributed by atoms with Crippen molar-refractivity contribution in [3.05, 3.63) is 54.3 Å². The predicted molar refractivity (Wildman–Crippen MR) is 77.7 cm³/mol. The molecule has 0 spiro atoms. The molecule has 0 radical (unpaired) electrons. The smallest absolute Gasteiger partial charge is 0.185 e. The van der Waals surface area contributed by atoms with Crippen molar-refractivity contribution in [2.45, 2.75) is 0 Å². The first kappa shape index (κ1) is 11.6. The van der Waals surface area contributed by atoms with Gasteiger partial charge in [0.05, 0.1) is 6.20 Å². The number of rotatable bonds is 1. The van der Waals surface area contributed by atoms with Crippen LogP contribution in [-0.2, 0) is 0 Å². The Morgan fingerprint density at radius 1 is 1.05 bits per heavy atom. The van der Waals surface area contributed by atoms with E-state index in [4.69, 9.17) is 11.3 Å². The van der Waals surface area contributed by atoms with E-state index in [0.717, 1.165) is 11.1 Å². The molecule has 0 aliphatic heterocycles. The number of nitrogens with two attached hydrogens (primary N) is 1. The van der Waals surface area contributed by atoms with Crippen LogP contribution in [0, 0.1) is 5.41 Å². The number of hydrogen-bond acceptors (Lipinski definition) is 5. The Hall–Kier alpha value is -3.22. The van der Waals surface area contributed by atoms with Crippen LogP contribution in [0.1, 0.15) is 0 Å². The average Bonchev–Trinajstić information content (AvgIpc) is 2.96. The van der Waals surface area contributed by atoms with E-state index in [1.54, 1.807) is 23.0 Å². The number of nitrogens with zero attached hydrogens (tertiary/aromatic N) is 5. The standard InChI is InChI=1S/C14H11N7/c15-13-12-11(6-7-20(13)16)21-14(19-18-12)10(8-17-21)9-4-2-1-3-5-9/h1-8,15H,16H2. The number of pyridine rings is 1. The highest BCUT2D eigenvalue weighted by Crippen LogP contribution is 2.23. The van der Waals surface area contributed by atoms with E-state index in [1.807, 2.05) is 30.3 Å². The fourth-order valence-electron chi connectivity index (χ4n) is 2.35. The third-order valence-corrected chi connectivity index (χ3v) is 3.42. The van der Waals surface area contributed by atoms with Gasteiger partial charge in [-0.25, -0.2) is 4.52 Å². The number of hydrogen-bond donors (Lipinski definition) is 2. The maximum atomic E-state index is 7.93. The number of nitrogens with one attached hydrogen (secondary N) is 1. The Kier molecular flexibility index (Phi) is 2.28. The van der Waals surface area contributed by atoms with Crippen molar-refractivity contribution in [3.8, 4) is 11.1 Å². The van der Waals surface area contributed by atoms with Gasteiger partial charge < -0.3 is 5.84 Å². The third-order valence-electron chi connectivity index (χ3n) is 3.42. The lowest BCUT2D eigenvalue weighted by Gasteiger charge is -2.04. The van der Waals surface area contributed by atoms with E-state index in [9.17, 15) is 0 Å². The van der Waals surface area contributed by atoms with E-state index in [2.05, 4.69) is 15.3 Å². The summed E-state index contributed by atoms with van der Waals surface area (Å²) in [4.78, 5) is 0. The molecule has 21 heavy (non-hydrogen) atoms. The highest BCUT2D eigenvalue weighted by Gasteiger charge is 2.12. The number of fused-ring (bicyclic) bond motifs is 3. The molecule has 0 saturated heterocycles. The summed E-state index contributed by atoms with van der Waals surface area (Å²) in [6.07, 6.45) is 3.36. The van der Waals surface area contributed by atoms with Crippen LogP contribution in [0.3, 0.4) is 0 Å². The molecule has 0 atom stereocenters. The second-order valence-electron chi connectivity index (χ2n) is 4.67. The normalized spacial score (nSPS) is 11.2. The molecule has 1 aromatic carbocycles. The van der Waals surface area contributed by atoms with Crippen LogP contribution in [0.25, 0.3) is 27.8 Å². The fraction of sp³-hybridized carbons (Fsp3) is 0. The van der Waals surface area contributed by atoms with Crippen molar-refractivity contribution in [2.75, 3.05) is 5.84 Å². The summed E-state index contributed by atoms with van der Waals surface area (Å²) in [5.41, 5.74) is 3.80. The van der Waals surface area contributed by atoms with Gasteiger partial charge >= 0.3 is 0 Å². The van der Waals surface area contributed by atoms with Crippen molar-refractivity contribution >= 4 is 16.7 Å². The number of nitrogen functional groups attached to an aromatic ring is 1. The molecule has 3 aromatic heterocycles. The number of aromatic nitrogens is 5. The summed E-state index contributed by atoms with van der Waals surface area (Å²) in [6.45, 7) is 0. The molecule has 0 aliphatic carbocycles. The maximum Gasteiger partial charge on any atom is 0.185 e. The molecular formula is C14H11N7. The first-order valence-corrected chi connectivity index (χ1v) is 6.36. The van der Waals surface area contributed by atoms with E-state index < -0.39 is 0 Å². The lowest BCUT2D eigenvalue weighted by atomic mass is 10.1. The lowest BCUT2D eigenvalue weighted by Crippen LogP contribution is -2.27. The summed E-state index contributed by atoms with van der Waals surface area (Å²) in [5.74, 6) is 5.66. The minimum Gasteiger partial charge on any atom is -0.338 e. The minimum absolute atomic E-state index is 0.0960. The van der Waals surface area contributed by atoms with Crippen LogP contribution in [0.5, 0.6) is 0 Å². The average molecular weight is 277 g/mol. The topological polar surface area (TPSA) is 97.9 Å². The summed E-state index contributed by atoms with van der Waals surface area (Å²) in [6, 6.07) is 11.7. The molecule has 4 aromatic rings. The van der Waals surface area contributed by atoms with E-state index in [-0.39, 0.29) is 5.49 Å². The molecule has 0 amide bonds. The number of benzene rings is 1. The monoisotopic (exact) mass is 277 g/mol. The van der Waals surface area contributed by atoms with Crippen LogP contribution < -0.4 is 11.3 Å². The molecule has 102 valence electrons. The van der Waals surface area contributed by atoms with Crippen molar-refractivity contribution in [3.63, 3.8) is 0 Å². The molecule has 7 nitrogen and oxygen atoms in total. The van der Waals surface area contributed by atoms with Gasteiger partial charge in [-0.3, -0.25) is 10.1 Å². The minimum atomic E-state index is 0.0960. The molecule has 0 saturated carbocycles. The van der Waals surface area contributed by atoms with E-state index in [0.29, 0.717) is 16.7 Å². The van der Waals surface area contributed by atoms with Crippen LogP contribution in [-0.4, -0.2) is 24.5 Å². The highest BCUT2D eigenvalue weighted by atomic mass is 15.3. The molecule has 4 rings (SSSR count). The van der Waals surface area contributed by atoms with Crippen molar-refractivity contribution in [1.29, 1.82) is 5.41 Å². The second kappa shape index (κ2) is 4.14. The Labute approximate surface area is 118 Å². The Morgan fingerprint density at radius 2 is 1.86 bits per heavy atom. The SMILES string of the molecule is N=c1c2nnc3c(-c4ccccc4)cnn3c2ccn1N. The van der Waals surface area contributed by atoms with Gasteiger partial charge in [-0.15, -0.1) is 10.2 Å². The molecule has 0 aliphatic rings. The summed E-state index contributed by atoms with van der Waals surface area (Å²) < 4.78 is 2.88. The molecule has 3 heterocycles. The Balaban J connectivity index is 2.10. The second-order valence-corrected chi connectivity index (χ2v) is 4.67. The van der Waals surface area contributed by atoms with Gasteiger partial charge in [0.15, 0.2) is 16.7 Å². The zero-order valence-electron chi connectivity index (χ0n) is 10.9.